The fourth-order valence-corrected chi connectivity index (χ4v) is 3.00. The van der Waals surface area contributed by atoms with Gasteiger partial charge in [-0.15, -0.1) is 0 Å². The van der Waals surface area contributed by atoms with Crippen LogP contribution in [0.25, 0.3) is 10.9 Å². The van der Waals surface area contributed by atoms with Gasteiger partial charge in [0, 0.05) is 28.7 Å². The van der Waals surface area contributed by atoms with Crippen molar-refractivity contribution < 1.29 is 14.3 Å². The number of benzene rings is 2. The molecule has 0 fully saturated rings. The molecule has 0 aliphatic carbocycles. The fourth-order valence-electron chi connectivity index (χ4n) is 3.00. The number of hydrogen-bond acceptors (Lipinski definition) is 3. The Hall–Kier alpha value is -2.95. The van der Waals surface area contributed by atoms with Crippen LogP contribution in [0.1, 0.15) is 24.1 Å². The van der Waals surface area contributed by atoms with E-state index in [2.05, 4.69) is 10.3 Å². The second-order valence-electron chi connectivity index (χ2n) is 5.93. The van der Waals surface area contributed by atoms with Crippen molar-refractivity contribution in [2.45, 2.75) is 19.4 Å². The summed E-state index contributed by atoms with van der Waals surface area (Å²) in [6.45, 7) is 1.94. The van der Waals surface area contributed by atoms with Gasteiger partial charge in [-0.3, -0.25) is 4.79 Å². The number of hydrogen-bond donors (Lipinski definition) is 2. The van der Waals surface area contributed by atoms with Gasteiger partial charge < -0.3 is 19.8 Å². The van der Waals surface area contributed by atoms with E-state index in [0.717, 1.165) is 27.8 Å². The molecule has 1 unspecified atom stereocenters. The molecule has 0 aliphatic heterocycles. The fraction of sp³-hybridized carbons (Fsp3) is 0.250. The van der Waals surface area contributed by atoms with E-state index in [1.807, 2.05) is 55.6 Å². The lowest BCUT2D eigenvalue weighted by Gasteiger charge is -2.18. The highest BCUT2D eigenvalue weighted by atomic mass is 16.5. The van der Waals surface area contributed by atoms with Crippen molar-refractivity contribution in [3.8, 4) is 11.5 Å². The Bertz CT molecular complexity index is 886. The van der Waals surface area contributed by atoms with Crippen LogP contribution in [0.3, 0.4) is 0 Å². The number of H-pyrrole nitrogens is 1. The maximum absolute atomic E-state index is 12.5. The van der Waals surface area contributed by atoms with E-state index < -0.39 is 0 Å². The highest BCUT2D eigenvalue weighted by Crippen LogP contribution is 2.29. The van der Waals surface area contributed by atoms with Gasteiger partial charge in [0.15, 0.2) is 0 Å². The van der Waals surface area contributed by atoms with E-state index >= 15 is 0 Å². The molecule has 1 aromatic heterocycles. The van der Waals surface area contributed by atoms with Crippen molar-refractivity contribution in [3.05, 3.63) is 59.8 Å². The molecule has 130 valence electrons. The molecule has 5 heteroatoms. The van der Waals surface area contributed by atoms with Crippen LogP contribution in [-0.4, -0.2) is 25.1 Å². The minimum Gasteiger partial charge on any atom is -0.497 e. The number of carbonyl (C=O) groups excluding carboxylic acids is 1. The highest BCUT2D eigenvalue weighted by molar-refractivity contribution is 5.89. The minimum absolute atomic E-state index is 0.0323. The predicted octanol–water partition coefficient (Wildman–Crippen LogP) is 3.61. The molecule has 3 aromatic rings. The topological polar surface area (TPSA) is 63.3 Å². The number of methoxy groups -OCH3 is 2. The largest absolute Gasteiger partial charge is 0.497 e. The van der Waals surface area contributed by atoms with Crippen LogP contribution < -0.4 is 14.8 Å². The third-order valence-corrected chi connectivity index (χ3v) is 4.31. The zero-order valence-corrected chi connectivity index (χ0v) is 14.6. The lowest BCUT2D eigenvalue weighted by Crippen LogP contribution is -2.28. The molecule has 0 saturated heterocycles. The number of carbonyl (C=O) groups is 1. The molecule has 1 atom stereocenters. The van der Waals surface area contributed by atoms with E-state index in [1.54, 1.807) is 14.2 Å². The van der Waals surface area contributed by atoms with E-state index in [0.29, 0.717) is 12.2 Å². The third kappa shape index (κ3) is 3.60. The zero-order chi connectivity index (χ0) is 17.8. The van der Waals surface area contributed by atoms with Crippen molar-refractivity contribution in [3.63, 3.8) is 0 Å². The lowest BCUT2D eigenvalue weighted by molar-refractivity contribution is -0.121. The van der Waals surface area contributed by atoms with E-state index in [4.69, 9.17) is 9.47 Å². The second kappa shape index (κ2) is 7.30. The molecule has 0 aliphatic rings. The Kier molecular flexibility index (Phi) is 4.93. The SMILES string of the molecule is COc1ccc(C(C)NC(=O)Cc2c[nH]c3ccccc23)c(OC)c1. The summed E-state index contributed by atoms with van der Waals surface area (Å²) in [6, 6.07) is 13.4. The number of aromatic amines is 1. The molecule has 0 bridgehead atoms. The number of aromatic nitrogens is 1. The molecule has 1 amide bonds. The maximum atomic E-state index is 12.5. The van der Waals surface area contributed by atoms with E-state index in [9.17, 15) is 4.79 Å². The van der Waals surface area contributed by atoms with Crippen molar-refractivity contribution in [1.29, 1.82) is 0 Å². The summed E-state index contributed by atoms with van der Waals surface area (Å²) in [6.07, 6.45) is 2.22. The van der Waals surface area contributed by atoms with Gasteiger partial charge in [-0.1, -0.05) is 18.2 Å². The molecule has 0 spiro atoms. The van der Waals surface area contributed by atoms with Crippen LogP contribution >= 0.6 is 0 Å². The van der Waals surface area contributed by atoms with Gasteiger partial charge in [-0.25, -0.2) is 0 Å². The Balaban J connectivity index is 1.72. The standard InChI is InChI=1S/C20H22N2O3/c1-13(16-9-8-15(24-2)11-19(16)25-3)22-20(23)10-14-12-21-18-7-5-4-6-17(14)18/h4-9,11-13,21H,10H2,1-3H3,(H,22,23). The summed E-state index contributed by atoms with van der Waals surface area (Å²) in [7, 11) is 3.22. The monoisotopic (exact) mass is 338 g/mol. The molecular weight excluding hydrogens is 316 g/mol. The average Bonchev–Trinajstić information content (AvgIpc) is 3.04. The number of fused-ring (bicyclic) bond motifs is 1. The van der Waals surface area contributed by atoms with Gasteiger partial charge in [-0.2, -0.15) is 0 Å². The Morgan fingerprint density at radius 3 is 2.72 bits per heavy atom. The van der Waals surface area contributed by atoms with Crippen molar-refractivity contribution in [2.75, 3.05) is 14.2 Å². The van der Waals surface area contributed by atoms with Gasteiger partial charge in [0.25, 0.3) is 0 Å². The van der Waals surface area contributed by atoms with Crippen molar-refractivity contribution in [2.24, 2.45) is 0 Å². The first-order chi connectivity index (χ1) is 12.1. The molecule has 0 radical (unpaired) electrons. The first-order valence-electron chi connectivity index (χ1n) is 8.18. The van der Waals surface area contributed by atoms with Gasteiger partial charge in [0.1, 0.15) is 11.5 Å². The number of amides is 1. The highest BCUT2D eigenvalue weighted by Gasteiger charge is 2.16. The summed E-state index contributed by atoms with van der Waals surface area (Å²) in [5.41, 5.74) is 2.94. The Labute approximate surface area is 147 Å². The van der Waals surface area contributed by atoms with Crippen LogP contribution in [0.2, 0.25) is 0 Å². The zero-order valence-electron chi connectivity index (χ0n) is 14.6. The van der Waals surface area contributed by atoms with Crippen molar-refractivity contribution in [1.82, 2.24) is 10.3 Å². The Morgan fingerprint density at radius 2 is 1.96 bits per heavy atom. The summed E-state index contributed by atoms with van der Waals surface area (Å²) in [5, 5.41) is 4.11. The van der Waals surface area contributed by atoms with Crippen LogP contribution in [0, 0.1) is 0 Å². The molecule has 1 heterocycles. The smallest absolute Gasteiger partial charge is 0.224 e. The maximum Gasteiger partial charge on any atom is 0.224 e. The molecule has 2 aromatic carbocycles. The Morgan fingerprint density at radius 1 is 1.16 bits per heavy atom. The number of para-hydroxylation sites is 1. The molecular formula is C20H22N2O3. The predicted molar refractivity (Wildman–Crippen MR) is 98.1 cm³/mol. The molecule has 0 saturated carbocycles. The van der Waals surface area contributed by atoms with Crippen LogP contribution in [0.4, 0.5) is 0 Å². The number of rotatable bonds is 6. The van der Waals surface area contributed by atoms with E-state index in [1.165, 1.54) is 0 Å². The van der Waals surface area contributed by atoms with Crippen LogP contribution in [-0.2, 0) is 11.2 Å². The molecule has 2 N–H and O–H groups in total. The van der Waals surface area contributed by atoms with Gasteiger partial charge >= 0.3 is 0 Å². The van der Waals surface area contributed by atoms with Gasteiger partial charge in [-0.05, 0) is 30.7 Å². The summed E-state index contributed by atoms with van der Waals surface area (Å²) < 4.78 is 10.6. The van der Waals surface area contributed by atoms with Crippen LogP contribution in [0.5, 0.6) is 11.5 Å². The van der Waals surface area contributed by atoms with Crippen molar-refractivity contribution >= 4 is 16.8 Å². The first-order valence-corrected chi connectivity index (χ1v) is 8.18. The van der Waals surface area contributed by atoms with Crippen LogP contribution in [0.15, 0.2) is 48.7 Å². The normalized spacial score (nSPS) is 12.0. The summed E-state index contributed by atoms with van der Waals surface area (Å²) in [4.78, 5) is 15.7. The minimum atomic E-state index is -0.168. The van der Waals surface area contributed by atoms with Gasteiger partial charge in [0.05, 0.1) is 26.7 Å². The lowest BCUT2D eigenvalue weighted by atomic mass is 10.1. The first kappa shape index (κ1) is 16.9. The van der Waals surface area contributed by atoms with Gasteiger partial charge in [0.2, 0.25) is 5.91 Å². The molecule has 25 heavy (non-hydrogen) atoms. The molecule has 3 rings (SSSR count). The number of nitrogens with one attached hydrogen (secondary N) is 2. The average molecular weight is 338 g/mol. The summed E-state index contributed by atoms with van der Waals surface area (Å²) in [5.74, 6) is 1.38. The summed E-state index contributed by atoms with van der Waals surface area (Å²) >= 11 is 0. The molecule has 5 nitrogen and oxygen atoms in total. The second-order valence-corrected chi connectivity index (χ2v) is 5.93. The van der Waals surface area contributed by atoms with E-state index in [-0.39, 0.29) is 11.9 Å². The third-order valence-electron chi connectivity index (χ3n) is 4.31. The quantitative estimate of drug-likeness (QED) is 0.722. The number of ether oxygens (including phenoxy) is 2.